The van der Waals surface area contributed by atoms with Gasteiger partial charge in [0.15, 0.2) is 0 Å². The van der Waals surface area contributed by atoms with Gasteiger partial charge in [-0.2, -0.15) is 5.90 Å². The fourth-order valence-corrected chi connectivity index (χ4v) is 1.43. The van der Waals surface area contributed by atoms with E-state index < -0.39 is 42.6 Å². The minimum absolute atomic E-state index is 0.0844. The predicted octanol–water partition coefficient (Wildman–Crippen LogP) is -2.08. The first-order chi connectivity index (χ1) is 10.4. The average molecular weight is 318 g/mol. The lowest BCUT2D eigenvalue weighted by molar-refractivity contribution is -0.198. The number of hydrogen-bond acceptors (Lipinski definition) is 9. The summed E-state index contributed by atoms with van der Waals surface area (Å²) >= 11 is 0. The zero-order chi connectivity index (χ0) is 16.7. The van der Waals surface area contributed by atoms with Crippen LogP contribution in [0.15, 0.2) is 0 Å². The first-order valence-corrected chi connectivity index (χ1v) is 5.95. The number of amides is 4. The van der Waals surface area contributed by atoms with Crippen LogP contribution in [0.25, 0.3) is 0 Å². The van der Waals surface area contributed by atoms with Gasteiger partial charge in [-0.15, -0.1) is 5.06 Å². The van der Waals surface area contributed by atoms with Crippen LogP contribution in [-0.4, -0.2) is 54.7 Å². The summed E-state index contributed by atoms with van der Waals surface area (Å²) in [6.07, 6.45) is -2.24. The number of carbonyl (C=O) groups excluding carboxylic acids is 5. The number of hydroxylamine groups is 2. The zero-order valence-corrected chi connectivity index (χ0v) is 11.5. The van der Waals surface area contributed by atoms with Crippen molar-refractivity contribution in [2.24, 2.45) is 5.90 Å². The topological polar surface area (TPSA) is 166 Å². The SMILES string of the molecule is COC(=O)NC(CNC(=O)ON)C(=O)ON1C(=O)CCC1=O. The summed E-state index contributed by atoms with van der Waals surface area (Å²) in [6, 6.07) is -1.44. The molecule has 0 saturated carbocycles. The van der Waals surface area contributed by atoms with Crippen LogP contribution in [0.5, 0.6) is 0 Å². The summed E-state index contributed by atoms with van der Waals surface area (Å²) in [5.74, 6) is 2.05. The zero-order valence-electron chi connectivity index (χ0n) is 11.5. The second-order valence-electron chi connectivity index (χ2n) is 3.97. The van der Waals surface area contributed by atoms with Crippen molar-refractivity contribution in [2.75, 3.05) is 13.7 Å². The van der Waals surface area contributed by atoms with E-state index in [9.17, 15) is 24.0 Å². The van der Waals surface area contributed by atoms with Gasteiger partial charge in [-0.1, -0.05) is 0 Å². The van der Waals surface area contributed by atoms with E-state index in [1.165, 1.54) is 0 Å². The molecule has 1 aliphatic heterocycles. The molecule has 0 bridgehead atoms. The molecule has 1 heterocycles. The van der Waals surface area contributed by atoms with Crippen LogP contribution in [0.2, 0.25) is 0 Å². The Morgan fingerprint density at radius 2 is 1.82 bits per heavy atom. The molecule has 0 radical (unpaired) electrons. The molecule has 0 aromatic heterocycles. The molecular formula is C10H14N4O8. The van der Waals surface area contributed by atoms with Crippen LogP contribution < -0.4 is 16.5 Å². The first-order valence-electron chi connectivity index (χ1n) is 5.95. The van der Waals surface area contributed by atoms with E-state index in [1.807, 2.05) is 5.32 Å². The highest BCUT2D eigenvalue weighted by molar-refractivity contribution is 6.01. The lowest BCUT2D eigenvalue weighted by Gasteiger charge is -2.19. The minimum atomic E-state index is -1.44. The number of imide groups is 1. The quantitative estimate of drug-likeness (QED) is 0.380. The number of hydrogen-bond donors (Lipinski definition) is 3. The van der Waals surface area contributed by atoms with E-state index in [1.54, 1.807) is 0 Å². The molecule has 1 rings (SSSR count). The van der Waals surface area contributed by atoms with Crippen LogP contribution in [0, 0.1) is 0 Å². The van der Waals surface area contributed by atoms with Crippen LogP contribution in [-0.2, 0) is 28.8 Å². The third-order valence-corrected chi connectivity index (χ3v) is 2.51. The molecule has 1 unspecified atom stereocenters. The number of carbonyl (C=O) groups is 5. The Morgan fingerprint density at radius 1 is 1.23 bits per heavy atom. The molecule has 1 saturated heterocycles. The molecule has 1 fully saturated rings. The van der Waals surface area contributed by atoms with E-state index >= 15 is 0 Å². The van der Waals surface area contributed by atoms with E-state index in [-0.39, 0.29) is 12.8 Å². The van der Waals surface area contributed by atoms with Crippen LogP contribution in [0.3, 0.4) is 0 Å². The highest BCUT2D eigenvalue weighted by atomic mass is 16.7. The van der Waals surface area contributed by atoms with Gasteiger partial charge in [0, 0.05) is 12.8 Å². The predicted molar refractivity (Wildman–Crippen MR) is 65.2 cm³/mol. The number of methoxy groups -OCH3 is 1. The smallest absolute Gasteiger partial charge is 0.425 e. The van der Waals surface area contributed by atoms with E-state index in [0.717, 1.165) is 7.11 Å². The number of nitrogens with two attached hydrogens (primary N) is 1. The third-order valence-electron chi connectivity index (χ3n) is 2.51. The Kier molecular flexibility index (Phi) is 6.07. The maximum Gasteiger partial charge on any atom is 0.425 e. The van der Waals surface area contributed by atoms with Gasteiger partial charge in [-0.25, -0.2) is 14.4 Å². The molecule has 4 N–H and O–H groups in total. The lowest BCUT2D eigenvalue weighted by atomic mass is 10.3. The van der Waals surface area contributed by atoms with Crippen molar-refractivity contribution in [3.8, 4) is 0 Å². The third kappa shape index (κ3) is 4.59. The highest BCUT2D eigenvalue weighted by Gasteiger charge is 2.35. The van der Waals surface area contributed by atoms with Crippen molar-refractivity contribution < 1.29 is 38.4 Å². The van der Waals surface area contributed by atoms with Gasteiger partial charge in [-0.05, 0) is 0 Å². The molecule has 4 amide bonds. The van der Waals surface area contributed by atoms with Crippen molar-refractivity contribution in [3.63, 3.8) is 0 Å². The largest absolute Gasteiger partial charge is 0.453 e. The Balaban J connectivity index is 2.69. The molecular weight excluding hydrogens is 304 g/mol. The van der Waals surface area contributed by atoms with E-state index in [2.05, 4.69) is 25.6 Å². The summed E-state index contributed by atoms with van der Waals surface area (Å²) in [5, 5.41) is 4.40. The second kappa shape index (κ2) is 7.78. The number of nitrogens with zero attached hydrogens (tertiary/aromatic N) is 1. The van der Waals surface area contributed by atoms with Gasteiger partial charge in [0.1, 0.15) is 6.04 Å². The van der Waals surface area contributed by atoms with Gasteiger partial charge in [-0.3, -0.25) is 9.59 Å². The molecule has 0 aromatic rings. The fraction of sp³-hybridized carbons (Fsp3) is 0.500. The molecule has 1 atom stereocenters. The lowest BCUT2D eigenvalue weighted by Crippen LogP contribution is -2.51. The molecule has 22 heavy (non-hydrogen) atoms. The van der Waals surface area contributed by atoms with Gasteiger partial charge >= 0.3 is 18.2 Å². The Hall–Kier alpha value is -2.89. The maximum atomic E-state index is 11.9. The van der Waals surface area contributed by atoms with Crippen LogP contribution in [0.4, 0.5) is 9.59 Å². The van der Waals surface area contributed by atoms with E-state index in [0.29, 0.717) is 5.06 Å². The molecule has 12 heteroatoms. The molecule has 0 spiro atoms. The molecule has 0 aromatic carbocycles. The summed E-state index contributed by atoms with van der Waals surface area (Å²) in [4.78, 5) is 65.0. The van der Waals surface area contributed by atoms with Crippen LogP contribution in [0.1, 0.15) is 12.8 Å². The highest BCUT2D eigenvalue weighted by Crippen LogP contribution is 2.12. The van der Waals surface area contributed by atoms with Gasteiger partial charge in [0.2, 0.25) is 0 Å². The molecule has 0 aliphatic carbocycles. The first kappa shape index (κ1) is 17.2. The second-order valence-corrected chi connectivity index (χ2v) is 3.97. The van der Waals surface area contributed by atoms with Crippen molar-refractivity contribution in [1.29, 1.82) is 0 Å². The van der Waals surface area contributed by atoms with Gasteiger partial charge in [0.05, 0.1) is 13.7 Å². The van der Waals surface area contributed by atoms with E-state index in [4.69, 9.17) is 0 Å². The van der Waals surface area contributed by atoms with Crippen molar-refractivity contribution in [2.45, 2.75) is 18.9 Å². The Bertz CT molecular complexity index is 477. The number of alkyl carbamates (subject to hydrolysis) is 1. The summed E-state index contributed by atoms with van der Waals surface area (Å²) < 4.78 is 4.30. The molecule has 122 valence electrons. The fourth-order valence-electron chi connectivity index (χ4n) is 1.43. The Labute approximate surface area is 123 Å². The monoisotopic (exact) mass is 318 g/mol. The number of ether oxygens (including phenoxy) is 1. The standard InChI is InChI=1S/C10H14N4O8/c1-20-10(19)13-5(4-12-9(18)21-11)8(17)22-14-6(15)2-3-7(14)16/h5H,2-4,11H2,1H3,(H,12,18)(H,13,19). The normalized spacial score (nSPS) is 15.1. The summed E-state index contributed by atoms with van der Waals surface area (Å²) in [7, 11) is 1.05. The van der Waals surface area contributed by atoms with Crippen LogP contribution >= 0.6 is 0 Å². The molecule has 12 nitrogen and oxygen atoms in total. The maximum absolute atomic E-state index is 11.9. The summed E-state index contributed by atoms with van der Waals surface area (Å²) in [5.41, 5.74) is 0. The summed E-state index contributed by atoms with van der Waals surface area (Å²) in [6.45, 7) is -0.472. The minimum Gasteiger partial charge on any atom is -0.453 e. The van der Waals surface area contributed by atoms with Crippen molar-refractivity contribution in [3.05, 3.63) is 0 Å². The average Bonchev–Trinajstić information content (AvgIpc) is 2.82. The van der Waals surface area contributed by atoms with Crippen molar-refractivity contribution in [1.82, 2.24) is 15.7 Å². The van der Waals surface area contributed by atoms with Gasteiger partial charge < -0.3 is 25.0 Å². The van der Waals surface area contributed by atoms with Crippen molar-refractivity contribution >= 4 is 30.0 Å². The number of rotatable bonds is 5. The number of nitrogens with one attached hydrogen (secondary N) is 2. The van der Waals surface area contributed by atoms with Gasteiger partial charge in [0.25, 0.3) is 11.8 Å². The Morgan fingerprint density at radius 3 is 2.32 bits per heavy atom. The molecule has 1 aliphatic rings.